The summed E-state index contributed by atoms with van der Waals surface area (Å²) in [5, 5.41) is 6.75. The fourth-order valence-corrected chi connectivity index (χ4v) is 1.70. The Balaban J connectivity index is 2.14. The van der Waals surface area contributed by atoms with Gasteiger partial charge in [-0.1, -0.05) is 11.1 Å². The Morgan fingerprint density at radius 2 is 2.33 bits per heavy atom. The number of nitrogens with one attached hydrogen (secondary N) is 1. The van der Waals surface area contributed by atoms with Gasteiger partial charge in [0, 0.05) is 5.56 Å². The molecule has 0 radical (unpaired) electrons. The van der Waals surface area contributed by atoms with Crippen LogP contribution in [0.1, 0.15) is 5.89 Å². The van der Waals surface area contributed by atoms with Crippen LogP contribution in [0.5, 0.6) is 0 Å². The minimum atomic E-state index is -0.335. The number of hydrogen-bond acceptors (Lipinski definition) is 4. The Morgan fingerprint density at radius 3 is 3.06 bits per heavy atom. The maximum atomic E-state index is 13.1. The van der Waals surface area contributed by atoms with Crippen LogP contribution in [0.25, 0.3) is 11.4 Å². The number of halogens is 2. The molecule has 0 fully saturated rings. The van der Waals surface area contributed by atoms with Crippen LogP contribution >= 0.6 is 15.9 Å². The number of nitrogens with zero attached hydrogens (tertiary/aromatic N) is 2. The monoisotopic (exact) mass is 309 g/mol. The summed E-state index contributed by atoms with van der Waals surface area (Å²) in [6.07, 6.45) is 5.10. The van der Waals surface area contributed by atoms with Crippen molar-refractivity contribution in [2.45, 2.75) is 6.54 Å². The maximum absolute atomic E-state index is 13.1. The fraction of sp³-hybridized carbons (Fsp3) is 0.167. The Labute approximate surface area is 112 Å². The summed E-state index contributed by atoms with van der Waals surface area (Å²) in [5.41, 5.74) is 0.676. The second-order valence-corrected chi connectivity index (χ2v) is 4.30. The minimum absolute atomic E-state index is 0.335. The van der Waals surface area contributed by atoms with Gasteiger partial charge < -0.3 is 4.52 Å². The van der Waals surface area contributed by atoms with E-state index in [-0.39, 0.29) is 5.82 Å². The van der Waals surface area contributed by atoms with E-state index in [2.05, 4.69) is 37.3 Å². The average Bonchev–Trinajstić information content (AvgIpc) is 2.82. The highest BCUT2D eigenvalue weighted by atomic mass is 79.9. The highest BCUT2D eigenvalue weighted by Gasteiger charge is 2.09. The predicted octanol–water partition coefficient (Wildman–Crippen LogP) is 2.36. The lowest BCUT2D eigenvalue weighted by atomic mass is 10.2. The first-order valence-corrected chi connectivity index (χ1v) is 5.92. The highest BCUT2D eigenvalue weighted by molar-refractivity contribution is 9.10. The molecular weight excluding hydrogens is 301 g/mol. The molecule has 1 aromatic heterocycles. The number of aromatic nitrogens is 2. The fourth-order valence-electron chi connectivity index (χ4n) is 1.32. The Hall–Kier alpha value is -1.71. The quantitative estimate of drug-likeness (QED) is 0.696. The van der Waals surface area contributed by atoms with E-state index in [1.807, 2.05) is 0 Å². The van der Waals surface area contributed by atoms with Crippen molar-refractivity contribution in [2.75, 3.05) is 6.54 Å². The van der Waals surface area contributed by atoms with Gasteiger partial charge >= 0.3 is 0 Å². The predicted molar refractivity (Wildman–Crippen MR) is 67.9 cm³/mol. The van der Waals surface area contributed by atoms with Crippen LogP contribution in [-0.2, 0) is 6.54 Å². The molecule has 0 aliphatic heterocycles. The van der Waals surface area contributed by atoms with E-state index in [4.69, 9.17) is 10.9 Å². The van der Waals surface area contributed by atoms with Gasteiger partial charge in [0.25, 0.3) is 0 Å². The van der Waals surface area contributed by atoms with E-state index in [1.54, 1.807) is 12.1 Å². The van der Waals surface area contributed by atoms with Crippen molar-refractivity contribution in [1.29, 1.82) is 0 Å². The molecule has 1 aromatic carbocycles. The summed E-state index contributed by atoms with van der Waals surface area (Å²) < 4.78 is 18.5. The Kier molecular flexibility index (Phi) is 4.07. The first-order chi connectivity index (χ1) is 8.70. The third-order valence-electron chi connectivity index (χ3n) is 2.15. The average molecular weight is 310 g/mol. The molecule has 2 rings (SSSR count). The molecule has 92 valence electrons. The second-order valence-electron chi connectivity index (χ2n) is 3.45. The summed E-state index contributed by atoms with van der Waals surface area (Å²) in [7, 11) is 0. The van der Waals surface area contributed by atoms with Crippen molar-refractivity contribution in [2.24, 2.45) is 0 Å². The molecular formula is C12H9BrFN3O. The lowest BCUT2D eigenvalue weighted by molar-refractivity contribution is 0.370. The molecule has 4 nitrogen and oxygen atoms in total. The van der Waals surface area contributed by atoms with Crippen molar-refractivity contribution in [3.8, 4) is 23.7 Å². The summed E-state index contributed by atoms with van der Waals surface area (Å²) in [4.78, 5) is 4.17. The van der Waals surface area contributed by atoms with Crippen LogP contribution in [0.2, 0.25) is 0 Å². The topological polar surface area (TPSA) is 51.0 Å². The molecule has 0 amide bonds. The van der Waals surface area contributed by atoms with Gasteiger partial charge in [0.2, 0.25) is 11.7 Å². The van der Waals surface area contributed by atoms with Gasteiger partial charge in [0.05, 0.1) is 17.6 Å². The third kappa shape index (κ3) is 2.94. The summed E-state index contributed by atoms with van der Waals surface area (Å²) in [6.45, 7) is 0.833. The number of hydrogen-bond donors (Lipinski definition) is 1. The Bertz CT molecular complexity index is 591. The molecule has 0 atom stereocenters. The van der Waals surface area contributed by atoms with Gasteiger partial charge in [-0.05, 0) is 34.1 Å². The molecule has 0 spiro atoms. The third-order valence-corrected chi connectivity index (χ3v) is 2.76. The maximum Gasteiger partial charge on any atom is 0.240 e. The van der Waals surface area contributed by atoms with Gasteiger partial charge in [-0.15, -0.1) is 6.42 Å². The standard InChI is InChI=1S/C12H9BrFN3O/c1-2-5-15-7-11-16-12(17-18-11)8-3-4-10(14)9(13)6-8/h1,3-4,6,15H,5,7H2. The molecule has 6 heteroatoms. The number of benzene rings is 1. The minimum Gasteiger partial charge on any atom is -0.338 e. The summed E-state index contributed by atoms with van der Waals surface area (Å²) in [5.74, 6) is 2.95. The zero-order valence-electron chi connectivity index (χ0n) is 9.28. The van der Waals surface area contributed by atoms with E-state index in [9.17, 15) is 4.39 Å². The van der Waals surface area contributed by atoms with Crippen molar-refractivity contribution in [3.63, 3.8) is 0 Å². The number of rotatable bonds is 4. The van der Waals surface area contributed by atoms with Gasteiger partial charge in [-0.25, -0.2) is 4.39 Å². The number of terminal acetylenes is 1. The van der Waals surface area contributed by atoms with Gasteiger partial charge in [-0.2, -0.15) is 4.98 Å². The lowest BCUT2D eigenvalue weighted by Gasteiger charge is -1.96. The SMILES string of the molecule is C#CCNCc1nc(-c2ccc(F)c(Br)c2)no1. The molecule has 1 N–H and O–H groups in total. The van der Waals surface area contributed by atoms with E-state index < -0.39 is 0 Å². The first kappa shape index (κ1) is 12.7. The molecule has 18 heavy (non-hydrogen) atoms. The summed E-state index contributed by atoms with van der Waals surface area (Å²) in [6, 6.07) is 4.52. The van der Waals surface area contributed by atoms with Crippen LogP contribution in [-0.4, -0.2) is 16.7 Å². The molecule has 0 aliphatic carbocycles. The molecule has 0 aliphatic rings. The first-order valence-electron chi connectivity index (χ1n) is 5.13. The van der Waals surface area contributed by atoms with Gasteiger partial charge in [0.1, 0.15) is 5.82 Å². The smallest absolute Gasteiger partial charge is 0.240 e. The molecule has 2 aromatic rings. The van der Waals surface area contributed by atoms with Gasteiger partial charge in [-0.3, -0.25) is 5.32 Å². The molecule has 0 bridgehead atoms. The second kappa shape index (κ2) is 5.76. The zero-order chi connectivity index (χ0) is 13.0. The van der Waals surface area contributed by atoms with E-state index in [1.165, 1.54) is 6.07 Å². The molecule has 0 unspecified atom stereocenters. The van der Waals surface area contributed by atoms with Crippen molar-refractivity contribution in [1.82, 2.24) is 15.5 Å². The van der Waals surface area contributed by atoms with E-state index in [0.717, 1.165) is 0 Å². The van der Waals surface area contributed by atoms with Crippen molar-refractivity contribution in [3.05, 3.63) is 34.4 Å². The van der Waals surface area contributed by atoms with E-state index >= 15 is 0 Å². The van der Waals surface area contributed by atoms with Crippen LogP contribution in [0.3, 0.4) is 0 Å². The van der Waals surface area contributed by atoms with Crippen LogP contribution in [0.4, 0.5) is 4.39 Å². The van der Waals surface area contributed by atoms with E-state index in [0.29, 0.717) is 34.8 Å². The van der Waals surface area contributed by atoms with Gasteiger partial charge in [0.15, 0.2) is 0 Å². The lowest BCUT2D eigenvalue weighted by Crippen LogP contribution is -2.13. The normalized spacial score (nSPS) is 10.3. The highest BCUT2D eigenvalue weighted by Crippen LogP contribution is 2.23. The molecule has 0 saturated heterocycles. The van der Waals surface area contributed by atoms with Crippen molar-refractivity contribution >= 4 is 15.9 Å². The van der Waals surface area contributed by atoms with Crippen LogP contribution in [0.15, 0.2) is 27.2 Å². The molecule has 0 saturated carbocycles. The molecule has 1 heterocycles. The Morgan fingerprint density at radius 1 is 1.50 bits per heavy atom. The summed E-state index contributed by atoms with van der Waals surface area (Å²) >= 11 is 3.11. The van der Waals surface area contributed by atoms with Crippen LogP contribution in [0, 0.1) is 18.2 Å². The van der Waals surface area contributed by atoms with Crippen molar-refractivity contribution < 1.29 is 8.91 Å². The largest absolute Gasteiger partial charge is 0.338 e. The zero-order valence-corrected chi connectivity index (χ0v) is 10.9. The van der Waals surface area contributed by atoms with Crippen LogP contribution < -0.4 is 5.32 Å².